The summed E-state index contributed by atoms with van der Waals surface area (Å²) in [6.07, 6.45) is 1.73. The number of esters is 1. The van der Waals surface area contributed by atoms with Gasteiger partial charge in [-0.15, -0.1) is 0 Å². The molecule has 0 aliphatic carbocycles. The van der Waals surface area contributed by atoms with Gasteiger partial charge in [0.05, 0.1) is 17.1 Å². The summed E-state index contributed by atoms with van der Waals surface area (Å²) in [7, 11) is -3.84. The van der Waals surface area contributed by atoms with E-state index in [9.17, 15) is 13.2 Å². The zero-order chi connectivity index (χ0) is 15.5. The highest BCUT2D eigenvalue weighted by atomic mass is 32.2. The largest absolute Gasteiger partial charge is 0.462 e. The summed E-state index contributed by atoms with van der Waals surface area (Å²) in [5, 5.41) is 5.07. The van der Waals surface area contributed by atoms with Gasteiger partial charge >= 0.3 is 5.97 Å². The van der Waals surface area contributed by atoms with Gasteiger partial charge in [0.15, 0.2) is 0 Å². The van der Waals surface area contributed by atoms with Crippen LogP contribution in [-0.4, -0.2) is 34.2 Å². The second-order valence-corrected chi connectivity index (χ2v) is 6.74. The molecular formula is C14H19NO5S. The molecule has 21 heavy (non-hydrogen) atoms. The van der Waals surface area contributed by atoms with E-state index >= 15 is 0 Å². The van der Waals surface area contributed by atoms with E-state index < -0.39 is 16.0 Å². The summed E-state index contributed by atoms with van der Waals surface area (Å²) in [5.41, 5.74) is 0.882. The lowest BCUT2D eigenvalue weighted by Crippen LogP contribution is -2.22. The van der Waals surface area contributed by atoms with E-state index in [1.165, 1.54) is 12.1 Å². The summed E-state index contributed by atoms with van der Waals surface area (Å²) in [6.45, 7) is 3.41. The Balaban J connectivity index is 2.07. The third kappa shape index (κ3) is 4.26. The fourth-order valence-electron chi connectivity index (χ4n) is 2.18. The van der Waals surface area contributed by atoms with Crippen LogP contribution >= 0.6 is 0 Å². The van der Waals surface area contributed by atoms with Crippen molar-refractivity contribution >= 4 is 16.0 Å². The number of primary sulfonamides is 1. The van der Waals surface area contributed by atoms with Crippen LogP contribution < -0.4 is 5.14 Å². The Morgan fingerprint density at radius 3 is 2.67 bits per heavy atom. The Morgan fingerprint density at radius 1 is 1.38 bits per heavy atom. The van der Waals surface area contributed by atoms with E-state index in [2.05, 4.69) is 0 Å². The van der Waals surface area contributed by atoms with Crippen molar-refractivity contribution in [2.24, 2.45) is 11.1 Å². The molecule has 6 nitrogen and oxygen atoms in total. The molecule has 0 amide bonds. The van der Waals surface area contributed by atoms with Crippen molar-refractivity contribution in [3.8, 4) is 0 Å². The van der Waals surface area contributed by atoms with Crippen molar-refractivity contribution in [2.75, 3.05) is 19.8 Å². The molecule has 1 aromatic rings. The number of benzene rings is 1. The molecule has 1 fully saturated rings. The Kier molecular flexibility index (Phi) is 4.97. The topological polar surface area (TPSA) is 95.7 Å². The van der Waals surface area contributed by atoms with E-state index in [-0.39, 0.29) is 10.5 Å². The van der Waals surface area contributed by atoms with Crippen LogP contribution in [0.5, 0.6) is 0 Å². The molecule has 0 bridgehead atoms. The fourth-order valence-corrected chi connectivity index (χ4v) is 2.72. The molecule has 1 aliphatic rings. The number of hydrogen-bond donors (Lipinski definition) is 1. The van der Waals surface area contributed by atoms with Gasteiger partial charge in [-0.2, -0.15) is 0 Å². The van der Waals surface area contributed by atoms with Crippen molar-refractivity contribution in [3.05, 3.63) is 29.3 Å². The number of hydrogen-bond acceptors (Lipinski definition) is 5. The smallest absolute Gasteiger partial charge is 0.338 e. The number of carbonyl (C=O) groups is 1. The molecule has 116 valence electrons. The molecule has 1 heterocycles. The van der Waals surface area contributed by atoms with E-state index in [1.54, 1.807) is 13.0 Å². The van der Waals surface area contributed by atoms with E-state index in [0.717, 1.165) is 12.8 Å². The standard InChI is InChI=1S/C14H19NO5S/c1-10-2-3-12(21(15,17)18)8-13(10)14(16)20-9-11-4-6-19-7-5-11/h2-3,8,11H,4-7,9H2,1H3,(H2,15,17,18). The molecule has 1 aliphatic heterocycles. The minimum Gasteiger partial charge on any atom is -0.462 e. The minimum atomic E-state index is -3.84. The van der Waals surface area contributed by atoms with Gasteiger partial charge in [0.2, 0.25) is 10.0 Å². The maximum absolute atomic E-state index is 12.1. The third-order valence-electron chi connectivity index (χ3n) is 3.55. The zero-order valence-corrected chi connectivity index (χ0v) is 12.7. The molecule has 2 N–H and O–H groups in total. The highest BCUT2D eigenvalue weighted by Crippen LogP contribution is 2.18. The lowest BCUT2D eigenvalue weighted by Gasteiger charge is -2.21. The molecule has 1 aromatic carbocycles. The highest BCUT2D eigenvalue weighted by Gasteiger charge is 2.19. The Labute approximate surface area is 124 Å². The number of carbonyl (C=O) groups excluding carboxylic acids is 1. The molecule has 0 radical (unpaired) electrons. The van der Waals surface area contributed by atoms with Gasteiger partial charge in [0.25, 0.3) is 0 Å². The van der Waals surface area contributed by atoms with Gasteiger partial charge in [-0.1, -0.05) is 6.07 Å². The first-order valence-corrected chi connectivity index (χ1v) is 8.31. The summed E-state index contributed by atoms with van der Waals surface area (Å²) in [6, 6.07) is 4.18. The third-order valence-corrected chi connectivity index (χ3v) is 4.46. The molecule has 0 saturated carbocycles. The number of ether oxygens (including phenoxy) is 2. The summed E-state index contributed by atoms with van der Waals surface area (Å²) >= 11 is 0. The average Bonchev–Trinajstić information content (AvgIpc) is 2.45. The molecule has 0 atom stereocenters. The molecule has 1 saturated heterocycles. The van der Waals surface area contributed by atoms with Crippen molar-refractivity contribution < 1.29 is 22.7 Å². The SMILES string of the molecule is Cc1ccc(S(N)(=O)=O)cc1C(=O)OCC1CCOCC1. The summed E-state index contributed by atoms with van der Waals surface area (Å²) in [5.74, 6) is -0.228. The van der Waals surface area contributed by atoms with E-state index in [1.807, 2.05) is 0 Å². The predicted molar refractivity (Wildman–Crippen MR) is 76.4 cm³/mol. The maximum Gasteiger partial charge on any atom is 0.338 e. The Morgan fingerprint density at radius 2 is 2.05 bits per heavy atom. The van der Waals surface area contributed by atoms with Gasteiger partial charge in [0, 0.05) is 13.2 Å². The Hall–Kier alpha value is -1.44. The molecule has 0 unspecified atom stereocenters. The van der Waals surface area contributed by atoms with Crippen LogP contribution in [0.4, 0.5) is 0 Å². The normalized spacial score (nSPS) is 16.7. The second-order valence-electron chi connectivity index (χ2n) is 5.18. The van der Waals surface area contributed by atoms with Gasteiger partial charge < -0.3 is 9.47 Å². The monoisotopic (exact) mass is 313 g/mol. The van der Waals surface area contributed by atoms with Crippen molar-refractivity contribution in [1.29, 1.82) is 0 Å². The van der Waals surface area contributed by atoms with Crippen molar-refractivity contribution in [1.82, 2.24) is 0 Å². The van der Waals surface area contributed by atoms with Gasteiger partial charge in [-0.3, -0.25) is 0 Å². The molecule has 0 aromatic heterocycles. The highest BCUT2D eigenvalue weighted by molar-refractivity contribution is 7.89. The first-order chi connectivity index (χ1) is 9.88. The van der Waals surface area contributed by atoms with Crippen LogP contribution in [0, 0.1) is 12.8 Å². The maximum atomic E-state index is 12.1. The quantitative estimate of drug-likeness (QED) is 0.843. The summed E-state index contributed by atoms with van der Waals surface area (Å²) < 4.78 is 33.2. The first kappa shape index (κ1) is 15.9. The lowest BCUT2D eigenvalue weighted by molar-refractivity contribution is 0.0185. The minimum absolute atomic E-state index is 0.0916. The number of sulfonamides is 1. The number of aryl methyl sites for hydroxylation is 1. The van der Waals surface area contributed by atoms with Gasteiger partial charge in [-0.05, 0) is 43.4 Å². The van der Waals surface area contributed by atoms with Gasteiger partial charge in [-0.25, -0.2) is 18.4 Å². The van der Waals surface area contributed by atoms with Crippen LogP contribution in [0.25, 0.3) is 0 Å². The molecule has 7 heteroatoms. The molecule has 0 spiro atoms. The van der Waals surface area contributed by atoms with Crippen LogP contribution in [0.3, 0.4) is 0 Å². The molecule has 2 rings (SSSR count). The van der Waals surface area contributed by atoms with Crippen LogP contribution in [0.15, 0.2) is 23.1 Å². The van der Waals surface area contributed by atoms with Gasteiger partial charge in [0.1, 0.15) is 0 Å². The first-order valence-electron chi connectivity index (χ1n) is 6.76. The Bertz CT molecular complexity index is 620. The molecular weight excluding hydrogens is 294 g/mol. The van der Waals surface area contributed by atoms with Crippen LogP contribution in [0.1, 0.15) is 28.8 Å². The van der Waals surface area contributed by atoms with Crippen molar-refractivity contribution in [2.45, 2.75) is 24.7 Å². The zero-order valence-electron chi connectivity index (χ0n) is 11.9. The number of nitrogens with two attached hydrogens (primary N) is 1. The summed E-state index contributed by atoms with van der Waals surface area (Å²) in [4.78, 5) is 12.0. The predicted octanol–water partition coefficient (Wildman–Crippen LogP) is 1.23. The van der Waals surface area contributed by atoms with E-state index in [4.69, 9.17) is 14.6 Å². The van der Waals surface area contributed by atoms with Crippen LogP contribution in [-0.2, 0) is 19.5 Å². The second kappa shape index (κ2) is 6.55. The van der Waals surface area contributed by atoms with Crippen LogP contribution in [0.2, 0.25) is 0 Å². The lowest BCUT2D eigenvalue weighted by atomic mass is 10.0. The number of rotatable bonds is 4. The fraction of sp³-hybridized carbons (Fsp3) is 0.500. The van der Waals surface area contributed by atoms with Crippen molar-refractivity contribution in [3.63, 3.8) is 0 Å². The average molecular weight is 313 g/mol. The van der Waals surface area contributed by atoms with E-state index in [0.29, 0.717) is 31.3 Å².